The Morgan fingerprint density at radius 2 is 1.95 bits per heavy atom. The summed E-state index contributed by atoms with van der Waals surface area (Å²) in [4.78, 5) is 24.5. The van der Waals surface area contributed by atoms with Crippen molar-refractivity contribution in [3.05, 3.63) is 24.3 Å². The summed E-state index contributed by atoms with van der Waals surface area (Å²) in [6, 6.07) is 6.85. The van der Waals surface area contributed by atoms with Crippen LogP contribution < -0.4 is 9.64 Å². The van der Waals surface area contributed by atoms with E-state index in [0.29, 0.717) is 23.8 Å². The van der Waals surface area contributed by atoms with Crippen molar-refractivity contribution in [2.45, 2.75) is 20.3 Å². The van der Waals surface area contributed by atoms with Crippen molar-refractivity contribution < 1.29 is 19.4 Å². The Labute approximate surface area is 130 Å². The fourth-order valence-electron chi connectivity index (χ4n) is 1.72. The van der Waals surface area contributed by atoms with Gasteiger partial charge in [0.05, 0.1) is 6.61 Å². The summed E-state index contributed by atoms with van der Waals surface area (Å²) in [6.07, 6.45) is 0.908. The van der Waals surface area contributed by atoms with Crippen LogP contribution in [0.15, 0.2) is 24.3 Å². The minimum atomic E-state index is -1.05. The minimum Gasteiger partial charge on any atom is -0.494 e. The summed E-state index contributed by atoms with van der Waals surface area (Å²) >= 11 is 4.09. The first-order valence-corrected chi connectivity index (χ1v) is 7.49. The number of thiol groups is 1. The summed E-state index contributed by atoms with van der Waals surface area (Å²) in [6.45, 7) is 3.99. The van der Waals surface area contributed by atoms with Gasteiger partial charge < -0.3 is 14.7 Å². The number of nitrogens with zero attached hydrogens (tertiary/aromatic N) is 1. The Hall–Kier alpha value is -1.69. The lowest BCUT2D eigenvalue weighted by molar-refractivity contribution is -0.137. The monoisotopic (exact) mass is 311 g/mol. The van der Waals surface area contributed by atoms with Crippen molar-refractivity contribution >= 4 is 30.2 Å². The Balaban J connectivity index is 2.92. The summed E-state index contributed by atoms with van der Waals surface area (Å²) in [7, 11) is 0. The van der Waals surface area contributed by atoms with Crippen molar-refractivity contribution in [1.82, 2.24) is 0 Å². The number of hydrogen-bond acceptors (Lipinski definition) is 4. The lowest BCUT2D eigenvalue weighted by Gasteiger charge is -2.24. The Morgan fingerprint density at radius 1 is 1.33 bits per heavy atom. The van der Waals surface area contributed by atoms with E-state index in [-0.39, 0.29) is 18.4 Å². The molecule has 6 heteroatoms. The van der Waals surface area contributed by atoms with E-state index in [1.165, 1.54) is 4.90 Å². The zero-order valence-electron chi connectivity index (χ0n) is 12.3. The van der Waals surface area contributed by atoms with Gasteiger partial charge in [0.2, 0.25) is 5.91 Å². The maximum absolute atomic E-state index is 12.2. The maximum atomic E-state index is 12.2. The molecular formula is C15H21NO4S. The van der Waals surface area contributed by atoms with Gasteiger partial charge in [0.25, 0.3) is 0 Å². The van der Waals surface area contributed by atoms with Crippen LogP contribution in [0.4, 0.5) is 5.69 Å². The van der Waals surface area contributed by atoms with Crippen molar-refractivity contribution in [1.29, 1.82) is 0 Å². The molecule has 0 saturated heterocycles. The SMILES string of the molecule is CCCOc1ccc(N(CC(=O)O)C(=O)[C@@H](C)CS)cc1. The molecule has 1 aromatic rings. The number of carboxylic acids is 1. The van der Waals surface area contributed by atoms with E-state index >= 15 is 0 Å². The number of ether oxygens (including phenoxy) is 1. The highest BCUT2D eigenvalue weighted by molar-refractivity contribution is 7.80. The molecule has 0 spiro atoms. The number of aliphatic carboxylic acids is 1. The molecule has 1 N–H and O–H groups in total. The van der Waals surface area contributed by atoms with Crippen LogP contribution in [0, 0.1) is 5.92 Å². The van der Waals surface area contributed by atoms with Crippen LogP contribution >= 0.6 is 12.6 Å². The average molecular weight is 311 g/mol. The molecule has 1 rings (SSSR count). The topological polar surface area (TPSA) is 66.8 Å². The molecule has 0 radical (unpaired) electrons. The van der Waals surface area contributed by atoms with E-state index in [2.05, 4.69) is 12.6 Å². The van der Waals surface area contributed by atoms with Crippen molar-refractivity contribution in [3.63, 3.8) is 0 Å². The first-order valence-electron chi connectivity index (χ1n) is 6.86. The molecule has 0 heterocycles. The second kappa shape index (κ2) is 8.56. The van der Waals surface area contributed by atoms with E-state index < -0.39 is 5.97 Å². The normalized spacial score (nSPS) is 11.8. The van der Waals surface area contributed by atoms with Gasteiger partial charge in [-0.15, -0.1) is 0 Å². The third-order valence-electron chi connectivity index (χ3n) is 2.88. The highest BCUT2D eigenvalue weighted by Crippen LogP contribution is 2.21. The molecule has 1 atom stereocenters. The maximum Gasteiger partial charge on any atom is 0.323 e. The van der Waals surface area contributed by atoms with Gasteiger partial charge in [-0.25, -0.2) is 0 Å². The number of amides is 1. The predicted octanol–water partition coefficient (Wildman–Crippen LogP) is 2.46. The van der Waals surface area contributed by atoms with Gasteiger partial charge >= 0.3 is 5.97 Å². The number of hydrogen-bond donors (Lipinski definition) is 2. The Bertz CT molecular complexity index is 475. The number of rotatable bonds is 8. The zero-order chi connectivity index (χ0) is 15.8. The smallest absolute Gasteiger partial charge is 0.323 e. The van der Waals surface area contributed by atoms with E-state index in [9.17, 15) is 9.59 Å². The zero-order valence-corrected chi connectivity index (χ0v) is 13.2. The molecule has 0 aliphatic carbocycles. The highest BCUT2D eigenvalue weighted by Gasteiger charge is 2.23. The summed E-state index contributed by atoms with van der Waals surface area (Å²) in [5, 5.41) is 8.98. The van der Waals surface area contributed by atoms with Crippen molar-refractivity contribution in [3.8, 4) is 5.75 Å². The summed E-state index contributed by atoms with van der Waals surface area (Å²) in [5.41, 5.74) is 0.542. The van der Waals surface area contributed by atoms with Crippen LogP contribution in [0.5, 0.6) is 5.75 Å². The second-order valence-corrected chi connectivity index (χ2v) is 5.11. The van der Waals surface area contributed by atoms with Gasteiger partial charge in [0.1, 0.15) is 12.3 Å². The molecule has 1 amide bonds. The highest BCUT2D eigenvalue weighted by atomic mass is 32.1. The van der Waals surface area contributed by atoms with Gasteiger partial charge in [-0.05, 0) is 30.7 Å². The van der Waals surface area contributed by atoms with E-state index in [1.54, 1.807) is 31.2 Å². The van der Waals surface area contributed by atoms with Crippen LogP contribution in [0.1, 0.15) is 20.3 Å². The fraction of sp³-hybridized carbons (Fsp3) is 0.467. The van der Waals surface area contributed by atoms with Crippen molar-refractivity contribution in [2.75, 3.05) is 23.8 Å². The van der Waals surface area contributed by atoms with Crippen LogP contribution in [0.2, 0.25) is 0 Å². The average Bonchev–Trinajstić information content (AvgIpc) is 2.49. The second-order valence-electron chi connectivity index (χ2n) is 4.74. The van der Waals surface area contributed by atoms with Gasteiger partial charge in [0.15, 0.2) is 0 Å². The van der Waals surface area contributed by atoms with Crippen LogP contribution in [-0.4, -0.2) is 35.9 Å². The van der Waals surface area contributed by atoms with Crippen molar-refractivity contribution in [2.24, 2.45) is 5.92 Å². The molecular weight excluding hydrogens is 290 g/mol. The van der Waals surface area contributed by atoms with E-state index in [4.69, 9.17) is 9.84 Å². The molecule has 0 aliphatic rings. The Kier molecular flexibility index (Phi) is 7.08. The Morgan fingerprint density at radius 3 is 2.43 bits per heavy atom. The summed E-state index contributed by atoms with van der Waals surface area (Å²) in [5.74, 6) is -0.586. The summed E-state index contributed by atoms with van der Waals surface area (Å²) < 4.78 is 5.47. The van der Waals surface area contributed by atoms with E-state index in [0.717, 1.165) is 6.42 Å². The largest absolute Gasteiger partial charge is 0.494 e. The van der Waals surface area contributed by atoms with Crippen LogP contribution in [0.25, 0.3) is 0 Å². The molecule has 0 saturated carbocycles. The number of anilines is 1. The molecule has 1 aromatic carbocycles. The van der Waals surface area contributed by atoms with Gasteiger partial charge in [-0.3, -0.25) is 9.59 Å². The van der Waals surface area contributed by atoms with Crippen LogP contribution in [0.3, 0.4) is 0 Å². The number of benzene rings is 1. The number of carboxylic acid groups (broad SMARTS) is 1. The third kappa shape index (κ3) is 5.30. The third-order valence-corrected chi connectivity index (χ3v) is 3.42. The molecule has 0 bridgehead atoms. The molecule has 0 fully saturated rings. The van der Waals surface area contributed by atoms with Crippen LogP contribution in [-0.2, 0) is 9.59 Å². The van der Waals surface area contributed by atoms with E-state index in [1.807, 2.05) is 6.92 Å². The lowest BCUT2D eigenvalue weighted by atomic mass is 10.1. The quantitative estimate of drug-likeness (QED) is 0.724. The predicted molar refractivity (Wildman–Crippen MR) is 85.2 cm³/mol. The minimum absolute atomic E-state index is 0.255. The van der Waals surface area contributed by atoms with Gasteiger partial charge in [-0.1, -0.05) is 13.8 Å². The standard InChI is InChI=1S/C15H21NO4S/c1-3-8-20-13-6-4-12(5-7-13)16(9-14(17)18)15(19)11(2)10-21/h4-7,11,21H,3,8-10H2,1-2H3,(H,17,18)/t11-/m0/s1. The first kappa shape index (κ1) is 17.4. The van der Waals surface area contributed by atoms with Gasteiger partial charge in [0, 0.05) is 17.4 Å². The first-order chi connectivity index (χ1) is 9.99. The number of carbonyl (C=O) groups excluding carboxylic acids is 1. The molecule has 116 valence electrons. The molecule has 0 aliphatic heterocycles. The number of carbonyl (C=O) groups is 2. The molecule has 0 aromatic heterocycles. The fourth-order valence-corrected chi connectivity index (χ4v) is 1.87. The van der Waals surface area contributed by atoms with Gasteiger partial charge in [-0.2, -0.15) is 12.6 Å². The molecule has 5 nitrogen and oxygen atoms in total. The molecule has 0 unspecified atom stereocenters. The lowest BCUT2D eigenvalue weighted by Crippen LogP contribution is -2.39. The molecule has 21 heavy (non-hydrogen) atoms.